The third-order valence-corrected chi connectivity index (χ3v) is 18.4. The third-order valence-electron chi connectivity index (χ3n) is 12.3. The molecule has 4 aromatic carbocycles. The van der Waals surface area contributed by atoms with Gasteiger partial charge in [0.15, 0.2) is 11.6 Å². The van der Waals surface area contributed by atoms with E-state index in [1.165, 1.54) is 0 Å². The number of benzene rings is 4. The first-order valence-electron chi connectivity index (χ1n) is 22.4. The number of carbonyl (C=O) groups is 1. The summed E-state index contributed by atoms with van der Waals surface area (Å²) < 4.78 is 71.2. The number of hydrogen-bond acceptors (Lipinski definition) is 9. The number of anilines is 1. The molecule has 0 aliphatic carbocycles. The number of rotatable bonds is 21. The van der Waals surface area contributed by atoms with Crippen molar-refractivity contribution < 1.29 is 46.4 Å². The van der Waals surface area contributed by atoms with E-state index >= 15 is 0 Å². The molecule has 4 aromatic rings. The van der Waals surface area contributed by atoms with Gasteiger partial charge in [0.2, 0.25) is 8.32 Å². The molecule has 0 aromatic heterocycles. The molecule has 2 heterocycles. The fourth-order valence-electron chi connectivity index (χ4n) is 9.35. The number of halogens is 2. The Kier molecular flexibility index (Phi) is 17.3. The van der Waals surface area contributed by atoms with Crippen LogP contribution in [0.15, 0.2) is 91.0 Å². The van der Waals surface area contributed by atoms with Crippen LogP contribution >= 0.6 is 0 Å². The lowest BCUT2D eigenvalue weighted by Gasteiger charge is -2.50. The lowest BCUT2D eigenvalue weighted by Crippen LogP contribution is -2.59. The zero-order valence-corrected chi connectivity index (χ0v) is 39.0. The summed E-state index contributed by atoms with van der Waals surface area (Å²) in [6, 6.07) is 27.1. The van der Waals surface area contributed by atoms with E-state index in [-0.39, 0.29) is 24.9 Å². The summed E-state index contributed by atoms with van der Waals surface area (Å²) in [4.78, 5) is 18.2. The Balaban J connectivity index is 1.27. The van der Waals surface area contributed by atoms with E-state index in [9.17, 15) is 13.6 Å². The maximum atomic E-state index is 14.1. The Hall–Kier alpha value is -4.69. The van der Waals surface area contributed by atoms with Crippen molar-refractivity contribution in [3.8, 4) is 17.2 Å². The monoisotopic (exact) mass is 888 g/mol. The van der Waals surface area contributed by atoms with E-state index in [0.717, 1.165) is 65.8 Å². The molecule has 1 fully saturated rings. The van der Waals surface area contributed by atoms with Crippen LogP contribution in [0, 0.1) is 11.6 Å². The number of carbonyl (C=O) groups excluding carboxylic acids is 1. The number of hydrogen-bond donors (Lipinski definition) is 0. The molecule has 13 heteroatoms. The number of nitrogens with zero attached hydrogens (tertiary/aromatic N) is 2. The van der Waals surface area contributed by atoms with Crippen LogP contribution in [-0.4, -0.2) is 91.2 Å². The van der Waals surface area contributed by atoms with Crippen molar-refractivity contribution in [1.29, 1.82) is 0 Å². The molecule has 1 amide bonds. The molecule has 3 atom stereocenters. The first-order valence-corrected chi connectivity index (χ1v) is 24.6. The van der Waals surface area contributed by atoms with Crippen LogP contribution in [0.3, 0.4) is 0 Å². The number of piperidine rings is 1. The van der Waals surface area contributed by atoms with E-state index in [4.69, 9.17) is 32.8 Å². The van der Waals surface area contributed by atoms with Crippen LogP contribution in [0.1, 0.15) is 77.0 Å². The van der Waals surface area contributed by atoms with Gasteiger partial charge in [0.1, 0.15) is 30.5 Å². The number of amides is 1. The van der Waals surface area contributed by atoms with Crippen LogP contribution in [-0.2, 0) is 31.9 Å². The van der Waals surface area contributed by atoms with Crippen molar-refractivity contribution in [2.45, 2.75) is 102 Å². The lowest BCUT2D eigenvalue weighted by molar-refractivity contribution is -0.0663. The predicted molar refractivity (Wildman–Crippen MR) is 244 cm³/mol. The fourth-order valence-corrected chi connectivity index (χ4v) is 14.9. The SMILES string of the molecule is COCCCN1CCOc2ccc(COC3CN(C(=O)OCc4ccccc4)CC(O[Si](C(C)C)(C(C)C)C(C)C)C3c3ccc(OCCCOc4cc(F)ccc4F)cc3)cc21. The molecule has 10 nitrogen and oxygen atoms in total. The first kappa shape index (κ1) is 47.8. The second-order valence-corrected chi connectivity index (χ2v) is 22.9. The summed E-state index contributed by atoms with van der Waals surface area (Å²) in [5.74, 6) is -0.0117. The highest BCUT2D eigenvalue weighted by Crippen LogP contribution is 2.46. The number of ether oxygens (including phenoxy) is 6. The minimum Gasteiger partial charge on any atom is -0.493 e. The quantitative estimate of drug-likeness (QED) is 0.0599. The highest BCUT2D eigenvalue weighted by molar-refractivity contribution is 6.77. The topological polar surface area (TPSA) is 88.2 Å². The van der Waals surface area contributed by atoms with E-state index in [1.54, 1.807) is 12.0 Å². The highest BCUT2D eigenvalue weighted by Gasteiger charge is 2.51. The summed E-state index contributed by atoms with van der Waals surface area (Å²) >= 11 is 0. The van der Waals surface area contributed by atoms with Crippen molar-refractivity contribution in [3.05, 3.63) is 119 Å². The van der Waals surface area contributed by atoms with Crippen LogP contribution < -0.4 is 19.1 Å². The molecule has 63 heavy (non-hydrogen) atoms. The van der Waals surface area contributed by atoms with Gasteiger partial charge in [-0.1, -0.05) is 90.1 Å². The molecular formula is C50H66F2N2O8Si. The summed E-state index contributed by atoms with van der Waals surface area (Å²) in [5.41, 5.74) is 4.88. The molecule has 6 rings (SSSR count). The number of likely N-dealkylation sites (tertiary alicyclic amines) is 1. The molecule has 0 N–H and O–H groups in total. The highest BCUT2D eigenvalue weighted by atomic mass is 28.4. The molecule has 2 aliphatic heterocycles. The Bertz CT molecular complexity index is 2020. The average Bonchev–Trinajstić information content (AvgIpc) is 3.27. The Morgan fingerprint density at radius 1 is 0.778 bits per heavy atom. The van der Waals surface area contributed by atoms with Crippen LogP contribution in [0.5, 0.6) is 17.2 Å². The number of fused-ring (bicyclic) bond motifs is 1. The largest absolute Gasteiger partial charge is 0.493 e. The summed E-state index contributed by atoms with van der Waals surface area (Å²) in [6.45, 7) is 18.2. The van der Waals surface area contributed by atoms with E-state index in [1.807, 2.05) is 48.5 Å². The Morgan fingerprint density at radius 2 is 1.49 bits per heavy atom. The normalized spacial score (nSPS) is 17.8. The van der Waals surface area contributed by atoms with Gasteiger partial charge in [0.25, 0.3) is 0 Å². The predicted octanol–water partition coefficient (Wildman–Crippen LogP) is 10.9. The minimum atomic E-state index is -2.49. The van der Waals surface area contributed by atoms with E-state index < -0.39 is 38.3 Å². The molecule has 0 radical (unpaired) electrons. The van der Waals surface area contributed by atoms with Gasteiger partial charge in [-0.2, -0.15) is 0 Å². The summed E-state index contributed by atoms with van der Waals surface area (Å²) in [5, 5.41) is 0. The summed E-state index contributed by atoms with van der Waals surface area (Å²) in [6.07, 6.45) is 0.114. The van der Waals surface area contributed by atoms with Crippen molar-refractivity contribution >= 4 is 20.1 Å². The van der Waals surface area contributed by atoms with Crippen molar-refractivity contribution in [2.75, 3.05) is 64.6 Å². The maximum Gasteiger partial charge on any atom is 0.410 e. The second-order valence-electron chi connectivity index (χ2n) is 17.5. The molecule has 0 bridgehead atoms. The van der Waals surface area contributed by atoms with Gasteiger partial charge in [-0.05, 0) is 76.1 Å². The van der Waals surface area contributed by atoms with E-state index in [0.29, 0.717) is 68.3 Å². The van der Waals surface area contributed by atoms with Crippen molar-refractivity contribution in [1.82, 2.24) is 4.90 Å². The van der Waals surface area contributed by atoms with Crippen LogP contribution in [0.2, 0.25) is 16.6 Å². The lowest BCUT2D eigenvalue weighted by atomic mass is 9.84. The standard InChI is InChI=1S/C50H66F2N2O8Si/c1-35(2)63(36(3)4,37(5)6)62-48-32-54(50(55)61-33-38-13-9-8-10-14-38)31-47(60-34-39-15-22-45-44(29-39)53(24-28-59-45)23-11-25-56-7)49(48)40-16-19-42(20-17-40)57-26-12-27-58-46-30-41(51)18-21-43(46)52/h8-10,13-22,29-30,35-37,47-49H,11-12,23-28,31-34H2,1-7H3. The minimum absolute atomic E-state index is 0.122. The summed E-state index contributed by atoms with van der Waals surface area (Å²) in [7, 11) is -0.768. The van der Waals surface area contributed by atoms with Gasteiger partial charge >= 0.3 is 6.09 Å². The van der Waals surface area contributed by atoms with Gasteiger partial charge in [0.05, 0.1) is 50.8 Å². The molecule has 342 valence electrons. The average molecular weight is 889 g/mol. The van der Waals surface area contributed by atoms with Gasteiger partial charge < -0.3 is 42.6 Å². The molecule has 2 aliphatic rings. The molecule has 0 saturated carbocycles. The van der Waals surface area contributed by atoms with Crippen LogP contribution in [0.4, 0.5) is 19.3 Å². The molecular weight excluding hydrogens is 823 g/mol. The van der Waals surface area contributed by atoms with Crippen LogP contribution in [0.25, 0.3) is 0 Å². The first-order chi connectivity index (χ1) is 30.4. The molecule has 1 saturated heterocycles. The smallest absolute Gasteiger partial charge is 0.410 e. The van der Waals surface area contributed by atoms with Gasteiger partial charge in [-0.15, -0.1) is 0 Å². The molecule has 0 spiro atoms. The van der Waals surface area contributed by atoms with Gasteiger partial charge in [-0.25, -0.2) is 13.6 Å². The Morgan fingerprint density at radius 3 is 2.21 bits per heavy atom. The van der Waals surface area contributed by atoms with Crippen molar-refractivity contribution in [2.24, 2.45) is 0 Å². The maximum absolute atomic E-state index is 14.1. The van der Waals surface area contributed by atoms with Gasteiger partial charge in [0, 0.05) is 45.2 Å². The third kappa shape index (κ3) is 12.3. The Labute approximate surface area is 373 Å². The second kappa shape index (κ2) is 22.8. The van der Waals surface area contributed by atoms with Crippen molar-refractivity contribution in [3.63, 3.8) is 0 Å². The van der Waals surface area contributed by atoms with Gasteiger partial charge in [-0.3, -0.25) is 0 Å². The molecule has 3 unspecified atom stereocenters. The zero-order chi connectivity index (χ0) is 44.9. The van der Waals surface area contributed by atoms with E-state index in [2.05, 4.69) is 70.7 Å². The fraction of sp³-hybridized carbons (Fsp3) is 0.500. The zero-order valence-electron chi connectivity index (χ0n) is 38.0. The number of methoxy groups -OCH3 is 1.